The van der Waals surface area contributed by atoms with Crippen molar-refractivity contribution in [2.24, 2.45) is 5.41 Å². The number of nitrogens with one attached hydrogen (secondary N) is 2. The Morgan fingerprint density at radius 1 is 0.900 bits per heavy atom. The largest absolute Gasteiger partial charge is 0.465 e. The van der Waals surface area contributed by atoms with Gasteiger partial charge in [-0.2, -0.15) is 11.8 Å². The van der Waals surface area contributed by atoms with Crippen LogP contribution in [0.2, 0.25) is 0 Å². The summed E-state index contributed by atoms with van der Waals surface area (Å²) in [5, 5.41) is 14.4. The number of unbranched alkanes of at least 4 members (excludes halogenated alkanes) is 2. The van der Waals surface area contributed by atoms with Crippen molar-refractivity contribution in [2.75, 3.05) is 64.1 Å². The Hall–Kier alpha value is -5.13. The zero-order valence-corrected chi connectivity index (χ0v) is 35.3. The van der Waals surface area contributed by atoms with Crippen LogP contribution in [0, 0.1) is 17.0 Å². The first kappa shape index (κ1) is 47.5. The van der Waals surface area contributed by atoms with E-state index in [0.29, 0.717) is 63.7 Å². The molecule has 0 radical (unpaired) electrons. The van der Waals surface area contributed by atoms with Gasteiger partial charge in [0.2, 0.25) is 11.8 Å². The summed E-state index contributed by atoms with van der Waals surface area (Å²) < 4.78 is 42.2. The lowest BCUT2D eigenvalue weighted by Gasteiger charge is -2.40. The van der Waals surface area contributed by atoms with E-state index in [1.807, 2.05) is 55.7 Å². The number of imide groups is 1. The van der Waals surface area contributed by atoms with Gasteiger partial charge in [-0.25, -0.2) is 18.6 Å². The van der Waals surface area contributed by atoms with Gasteiger partial charge in [0.25, 0.3) is 11.8 Å². The number of carbonyl (C=O) groups excluding carboxylic acids is 4. The second-order valence-electron chi connectivity index (χ2n) is 15.3. The number of imidazole rings is 1. The Balaban J connectivity index is 1.28. The average molecular weight is 855 g/mol. The van der Waals surface area contributed by atoms with Crippen LogP contribution in [0.4, 0.5) is 13.6 Å². The minimum atomic E-state index is -1.16. The summed E-state index contributed by atoms with van der Waals surface area (Å²) in [7, 11) is 0. The van der Waals surface area contributed by atoms with Crippen LogP contribution in [0.25, 0.3) is 11.3 Å². The molecule has 4 rings (SSSR count). The van der Waals surface area contributed by atoms with Crippen molar-refractivity contribution >= 4 is 41.5 Å². The molecule has 1 aromatic heterocycles. The maximum atomic E-state index is 15.1. The molecule has 3 N–H and O–H groups in total. The first-order valence-corrected chi connectivity index (χ1v) is 21.3. The van der Waals surface area contributed by atoms with Crippen molar-refractivity contribution in [3.63, 3.8) is 0 Å². The molecule has 14 nitrogen and oxygen atoms in total. The van der Waals surface area contributed by atoms with Crippen LogP contribution in [0.1, 0.15) is 70.3 Å². The van der Waals surface area contributed by atoms with Crippen LogP contribution in [0.15, 0.2) is 66.9 Å². The van der Waals surface area contributed by atoms with Gasteiger partial charge in [-0.05, 0) is 54.2 Å². The lowest BCUT2D eigenvalue weighted by atomic mass is 9.84. The number of nitrogens with zero attached hydrogens (tertiary/aromatic N) is 4. The van der Waals surface area contributed by atoms with Gasteiger partial charge in [-0.3, -0.25) is 24.1 Å². The molecule has 0 fully saturated rings. The molecule has 0 bridgehead atoms. The lowest BCUT2D eigenvalue weighted by molar-refractivity contribution is -0.138. The highest BCUT2D eigenvalue weighted by Crippen LogP contribution is 2.40. The van der Waals surface area contributed by atoms with Gasteiger partial charge < -0.3 is 34.7 Å². The third-order valence-electron chi connectivity index (χ3n) is 9.47. The Morgan fingerprint density at radius 2 is 1.62 bits per heavy atom. The Bertz CT molecular complexity index is 1900. The fourth-order valence-corrected chi connectivity index (χ4v) is 7.50. The summed E-state index contributed by atoms with van der Waals surface area (Å²) in [6, 6.07) is 12.2. The Morgan fingerprint density at radius 3 is 2.32 bits per heavy atom. The average Bonchev–Trinajstić information content (AvgIpc) is 3.75. The number of carboxylic acid groups (broad SMARTS) is 1. The van der Waals surface area contributed by atoms with Gasteiger partial charge in [0, 0.05) is 56.5 Å². The summed E-state index contributed by atoms with van der Waals surface area (Å²) in [4.78, 5) is 68.5. The topological polar surface area (TPSA) is 172 Å². The quantitative estimate of drug-likeness (QED) is 0.0661. The van der Waals surface area contributed by atoms with E-state index in [-0.39, 0.29) is 66.9 Å². The SMILES string of the molecule is CC(C)(C)[C@H](c1nc(-c2cc(F)ccc2F)cn1Cc1ccccc1)N(CCCNC(=O)O)C(=O)CSCCCCCC(=O)NCCOCCOCCN1C(=O)C=CC1=O. The molecular weight excluding hydrogens is 799 g/mol. The van der Waals surface area contributed by atoms with Crippen LogP contribution in [-0.2, 0) is 35.2 Å². The standard InChI is InChI=1S/C43H56F2N6O8S/c1-43(2,3)40(41-48-35(33-27-32(44)14-15-34(33)45)29-49(41)28-31-11-6-4-7-12-31)51(20-10-18-47-42(56)57)39(55)30-60-26-9-5-8-13-36(52)46-19-22-58-24-25-59-23-21-50-37(53)16-17-38(50)54/h4,6-7,11-12,14-17,27,29,40,47H,5,8-10,13,18-26,28,30H2,1-3H3,(H,46,52)(H,56,57)/t40-/m0/s1. The van der Waals surface area contributed by atoms with E-state index in [9.17, 15) is 33.5 Å². The van der Waals surface area contributed by atoms with Crippen molar-refractivity contribution in [1.29, 1.82) is 0 Å². The summed E-state index contributed by atoms with van der Waals surface area (Å²) in [6.45, 7) is 8.33. The number of thioether (sulfide) groups is 1. The maximum Gasteiger partial charge on any atom is 0.404 e. The summed E-state index contributed by atoms with van der Waals surface area (Å²) in [5.41, 5.74) is 0.594. The summed E-state index contributed by atoms with van der Waals surface area (Å²) in [6.07, 6.45) is 5.94. The fourth-order valence-electron chi connectivity index (χ4n) is 6.60. The number of ether oxygens (including phenoxy) is 2. The van der Waals surface area contributed by atoms with Crippen molar-refractivity contribution < 1.29 is 47.3 Å². The first-order chi connectivity index (χ1) is 28.7. The number of hydrogen-bond donors (Lipinski definition) is 3. The highest BCUT2D eigenvalue weighted by Gasteiger charge is 2.38. The first-order valence-electron chi connectivity index (χ1n) is 20.1. The number of carbonyl (C=O) groups is 5. The zero-order chi connectivity index (χ0) is 43.5. The third kappa shape index (κ3) is 15.5. The van der Waals surface area contributed by atoms with Crippen LogP contribution >= 0.6 is 11.8 Å². The second kappa shape index (κ2) is 24.2. The number of halogens is 2. The van der Waals surface area contributed by atoms with Crippen LogP contribution in [0.5, 0.6) is 0 Å². The molecule has 1 atom stereocenters. The monoisotopic (exact) mass is 854 g/mol. The minimum Gasteiger partial charge on any atom is -0.465 e. The molecule has 2 heterocycles. The highest BCUT2D eigenvalue weighted by molar-refractivity contribution is 7.99. The van der Waals surface area contributed by atoms with E-state index in [2.05, 4.69) is 10.6 Å². The molecule has 326 valence electrons. The number of benzene rings is 2. The molecule has 0 saturated heterocycles. The van der Waals surface area contributed by atoms with Gasteiger partial charge in [-0.15, -0.1) is 0 Å². The lowest BCUT2D eigenvalue weighted by Crippen LogP contribution is -2.44. The summed E-state index contributed by atoms with van der Waals surface area (Å²) >= 11 is 1.48. The van der Waals surface area contributed by atoms with Crippen LogP contribution in [0.3, 0.4) is 0 Å². The van der Waals surface area contributed by atoms with E-state index in [1.165, 1.54) is 23.9 Å². The molecule has 3 aromatic rings. The normalized spacial score (nSPS) is 13.2. The van der Waals surface area contributed by atoms with E-state index in [4.69, 9.17) is 14.5 Å². The van der Waals surface area contributed by atoms with Crippen LogP contribution in [-0.4, -0.2) is 118 Å². The van der Waals surface area contributed by atoms with E-state index < -0.39 is 29.2 Å². The zero-order valence-electron chi connectivity index (χ0n) is 34.5. The Labute approximate surface area is 354 Å². The van der Waals surface area contributed by atoms with Crippen molar-refractivity contribution in [1.82, 2.24) is 30.0 Å². The van der Waals surface area contributed by atoms with Gasteiger partial charge in [0.15, 0.2) is 0 Å². The number of rotatable bonds is 26. The molecular formula is C43H56F2N6O8S. The maximum absolute atomic E-state index is 15.1. The molecule has 0 spiro atoms. The fraction of sp³-hybridized carbons (Fsp3) is 0.488. The second-order valence-corrected chi connectivity index (χ2v) is 16.4. The van der Waals surface area contributed by atoms with E-state index in [0.717, 1.165) is 41.5 Å². The van der Waals surface area contributed by atoms with Gasteiger partial charge >= 0.3 is 6.09 Å². The molecule has 0 saturated carbocycles. The predicted molar refractivity (Wildman–Crippen MR) is 224 cm³/mol. The Kier molecular flexibility index (Phi) is 19.2. The number of hydrogen-bond acceptors (Lipinski definition) is 9. The smallest absolute Gasteiger partial charge is 0.404 e. The molecule has 1 aliphatic heterocycles. The molecule has 60 heavy (non-hydrogen) atoms. The van der Waals surface area contributed by atoms with Gasteiger partial charge in [0.05, 0.1) is 50.5 Å². The van der Waals surface area contributed by atoms with Crippen molar-refractivity contribution in [3.8, 4) is 11.3 Å². The molecule has 5 amide bonds. The highest BCUT2D eigenvalue weighted by atomic mass is 32.2. The number of aromatic nitrogens is 2. The molecule has 0 aliphatic carbocycles. The van der Waals surface area contributed by atoms with Crippen molar-refractivity contribution in [2.45, 2.75) is 65.5 Å². The van der Waals surface area contributed by atoms with E-state index in [1.54, 1.807) is 11.1 Å². The molecule has 0 unspecified atom stereocenters. The van der Waals surface area contributed by atoms with Gasteiger partial charge in [0.1, 0.15) is 17.5 Å². The van der Waals surface area contributed by atoms with Gasteiger partial charge in [-0.1, -0.05) is 57.5 Å². The van der Waals surface area contributed by atoms with Crippen LogP contribution < -0.4 is 10.6 Å². The summed E-state index contributed by atoms with van der Waals surface area (Å²) in [5.74, 6) is -0.837. The molecule has 17 heteroatoms. The number of amides is 5. The predicted octanol–water partition coefficient (Wildman–Crippen LogP) is 5.82. The van der Waals surface area contributed by atoms with Crippen molar-refractivity contribution in [3.05, 3.63) is 89.9 Å². The van der Waals surface area contributed by atoms with E-state index >= 15 is 4.39 Å². The molecule has 1 aliphatic rings. The third-order valence-corrected chi connectivity index (χ3v) is 10.5. The minimum absolute atomic E-state index is 0.00298. The molecule has 2 aromatic carbocycles.